The number of likely N-dealkylation sites (tertiary alicyclic amines) is 1. The van der Waals surface area contributed by atoms with E-state index in [0.29, 0.717) is 0 Å². The van der Waals surface area contributed by atoms with Gasteiger partial charge in [0.2, 0.25) is 0 Å². The normalized spacial score (nSPS) is 16.0. The number of hydrogen-bond acceptors (Lipinski definition) is 4. The number of guanidine groups is 1. The number of aromatic nitrogens is 1. The van der Waals surface area contributed by atoms with Gasteiger partial charge in [-0.05, 0) is 66.1 Å². The minimum Gasteiger partial charge on any atom is -0.357 e. The Balaban J connectivity index is 1.59. The van der Waals surface area contributed by atoms with Gasteiger partial charge in [0, 0.05) is 30.9 Å². The molecule has 0 atom stereocenters. The molecule has 0 aromatic carbocycles. The van der Waals surface area contributed by atoms with Crippen LogP contribution < -0.4 is 10.6 Å². The fourth-order valence-corrected chi connectivity index (χ4v) is 4.21. The summed E-state index contributed by atoms with van der Waals surface area (Å²) in [5.74, 6) is 0.938. The van der Waals surface area contributed by atoms with Crippen LogP contribution in [0.15, 0.2) is 4.99 Å². The molecule has 0 spiro atoms. The standard InChI is InChI=1S/C20H37N5S/c1-4-21-20(23-13-11-19-24-17(2)18(3)26-19)22-12-7-5-8-14-25-15-9-6-10-16-25/h4-16H2,1-3H3,(H2,21,22,23). The summed E-state index contributed by atoms with van der Waals surface area (Å²) in [5, 5.41) is 7.99. The van der Waals surface area contributed by atoms with Crippen LogP contribution in [-0.4, -0.2) is 55.1 Å². The van der Waals surface area contributed by atoms with Crippen LogP contribution in [0.4, 0.5) is 0 Å². The first kappa shape index (κ1) is 21.2. The molecule has 1 aliphatic rings. The highest BCUT2D eigenvalue weighted by molar-refractivity contribution is 7.11. The van der Waals surface area contributed by atoms with Crippen molar-refractivity contribution in [3.63, 3.8) is 0 Å². The van der Waals surface area contributed by atoms with Gasteiger partial charge in [-0.1, -0.05) is 12.8 Å². The Bertz CT molecular complexity index is 515. The molecule has 0 amide bonds. The molecule has 2 rings (SSSR count). The highest BCUT2D eigenvalue weighted by Gasteiger charge is 2.08. The van der Waals surface area contributed by atoms with Crippen molar-refractivity contribution in [3.05, 3.63) is 15.6 Å². The van der Waals surface area contributed by atoms with E-state index in [0.717, 1.165) is 37.7 Å². The summed E-state index contributed by atoms with van der Waals surface area (Å²) in [4.78, 5) is 13.3. The number of aryl methyl sites for hydroxylation is 2. The average molecular weight is 380 g/mol. The van der Waals surface area contributed by atoms with Crippen LogP contribution in [0.5, 0.6) is 0 Å². The summed E-state index contributed by atoms with van der Waals surface area (Å²) in [7, 11) is 0. The zero-order chi connectivity index (χ0) is 18.6. The van der Waals surface area contributed by atoms with Gasteiger partial charge in [-0.2, -0.15) is 0 Å². The molecule has 0 bridgehead atoms. The first-order chi connectivity index (χ1) is 12.7. The Morgan fingerprint density at radius 3 is 2.62 bits per heavy atom. The molecule has 1 aromatic rings. The Labute approximate surface area is 163 Å². The maximum atomic E-state index is 4.72. The molecule has 0 unspecified atom stereocenters. The topological polar surface area (TPSA) is 52.6 Å². The molecule has 0 saturated carbocycles. The van der Waals surface area contributed by atoms with Crippen molar-refractivity contribution in [3.8, 4) is 0 Å². The summed E-state index contributed by atoms with van der Waals surface area (Å²) >= 11 is 1.80. The number of rotatable bonds is 10. The Morgan fingerprint density at radius 1 is 1.12 bits per heavy atom. The number of thiazole rings is 1. The molecule has 1 aromatic heterocycles. The first-order valence-electron chi connectivity index (χ1n) is 10.4. The van der Waals surface area contributed by atoms with Gasteiger partial charge < -0.3 is 15.5 Å². The number of nitrogens with one attached hydrogen (secondary N) is 2. The summed E-state index contributed by atoms with van der Waals surface area (Å²) in [6.45, 7) is 12.9. The third-order valence-electron chi connectivity index (χ3n) is 4.90. The fraction of sp³-hybridized carbons (Fsp3) is 0.800. The van der Waals surface area contributed by atoms with Crippen molar-refractivity contribution in [2.45, 2.75) is 65.7 Å². The first-order valence-corrected chi connectivity index (χ1v) is 11.2. The molecule has 2 heterocycles. The van der Waals surface area contributed by atoms with Crippen LogP contribution in [-0.2, 0) is 6.42 Å². The predicted octanol–water partition coefficient (Wildman–Crippen LogP) is 3.51. The van der Waals surface area contributed by atoms with E-state index < -0.39 is 0 Å². The van der Waals surface area contributed by atoms with Crippen molar-refractivity contribution in [1.82, 2.24) is 20.5 Å². The zero-order valence-corrected chi connectivity index (χ0v) is 17.8. The smallest absolute Gasteiger partial charge is 0.191 e. The molecular weight excluding hydrogens is 342 g/mol. The van der Waals surface area contributed by atoms with E-state index in [2.05, 4.69) is 41.3 Å². The van der Waals surface area contributed by atoms with E-state index in [9.17, 15) is 0 Å². The molecule has 1 saturated heterocycles. The van der Waals surface area contributed by atoms with E-state index in [4.69, 9.17) is 4.99 Å². The van der Waals surface area contributed by atoms with E-state index in [1.54, 1.807) is 11.3 Å². The van der Waals surface area contributed by atoms with Gasteiger partial charge in [-0.3, -0.25) is 4.99 Å². The SMILES string of the molecule is CCNC(=NCCCCCN1CCCCC1)NCCc1nc(C)c(C)s1. The lowest BCUT2D eigenvalue weighted by molar-refractivity contribution is 0.224. The average Bonchev–Trinajstić information content (AvgIpc) is 2.96. The molecule has 148 valence electrons. The Hall–Kier alpha value is -1.14. The van der Waals surface area contributed by atoms with E-state index in [-0.39, 0.29) is 0 Å². The fourth-order valence-electron chi connectivity index (χ4n) is 3.27. The number of aliphatic imine (C=N–C) groups is 1. The second-order valence-electron chi connectivity index (χ2n) is 7.15. The molecule has 2 N–H and O–H groups in total. The second kappa shape index (κ2) is 12.3. The van der Waals surface area contributed by atoms with Crippen LogP contribution in [0.25, 0.3) is 0 Å². The van der Waals surface area contributed by atoms with Crippen molar-refractivity contribution in [2.24, 2.45) is 4.99 Å². The van der Waals surface area contributed by atoms with Crippen LogP contribution >= 0.6 is 11.3 Å². The molecule has 6 heteroatoms. The van der Waals surface area contributed by atoms with Gasteiger partial charge in [0.15, 0.2) is 5.96 Å². The molecule has 1 fully saturated rings. The largest absolute Gasteiger partial charge is 0.357 e. The summed E-state index contributed by atoms with van der Waals surface area (Å²) in [6.07, 6.45) is 8.92. The van der Waals surface area contributed by atoms with E-state index >= 15 is 0 Å². The van der Waals surface area contributed by atoms with Gasteiger partial charge in [0.1, 0.15) is 0 Å². The minimum absolute atomic E-state index is 0.882. The van der Waals surface area contributed by atoms with Crippen molar-refractivity contribution < 1.29 is 0 Å². The highest BCUT2D eigenvalue weighted by atomic mass is 32.1. The maximum Gasteiger partial charge on any atom is 0.191 e. The zero-order valence-electron chi connectivity index (χ0n) is 16.9. The quantitative estimate of drug-likeness (QED) is 0.371. The molecule has 0 aliphatic carbocycles. The van der Waals surface area contributed by atoms with Crippen LogP contribution in [0.3, 0.4) is 0 Å². The molecular formula is C20H37N5S. The van der Waals surface area contributed by atoms with Gasteiger partial charge in [-0.25, -0.2) is 4.98 Å². The van der Waals surface area contributed by atoms with Crippen LogP contribution in [0, 0.1) is 13.8 Å². The number of nitrogens with zero attached hydrogens (tertiary/aromatic N) is 3. The van der Waals surface area contributed by atoms with Crippen LogP contribution in [0.2, 0.25) is 0 Å². The van der Waals surface area contributed by atoms with Crippen LogP contribution in [0.1, 0.15) is 61.0 Å². The lowest BCUT2D eigenvalue weighted by Gasteiger charge is -2.26. The minimum atomic E-state index is 0.882. The van der Waals surface area contributed by atoms with Gasteiger partial charge in [-0.15, -0.1) is 11.3 Å². The van der Waals surface area contributed by atoms with Gasteiger partial charge in [0.05, 0.1) is 10.7 Å². The third kappa shape index (κ3) is 8.04. The lowest BCUT2D eigenvalue weighted by atomic mass is 10.1. The van der Waals surface area contributed by atoms with Gasteiger partial charge >= 0.3 is 0 Å². The Morgan fingerprint density at radius 2 is 1.92 bits per heavy atom. The highest BCUT2D eigenvalue weighted by Crippen LogP contribution is 2.16. The Kier molecular flexibility index (Phi) is 10.00. The van der Waals surface area contributed by atoms with Gasteiger partial charge in [0.25, 0.3) is 0 Å². The molecule has 5 nitrogen and oxygen atoms in total. The molecule has 0 radical (unpaired) electrons. The predicted molar refractivity (Wildman–Crippen MR) is 113 cm³/mol. The molecule has 1 aliphatic heterocycles. The number of hydrogen-bond donors (Lipinski definition) is 2. The van der Waals surface area contributed by atoms with Crippen molar-refractivity contribution in [2.75, 3.05) is 39.3 Å². The van der Waals surface area contributed by atoms with E-state index in [1.165, 1.54) is 68.0 Å². The maximum absolute atomic E-state index is 4.72. The lowest BCUT2D eigenvalue weighted by Crippen LogP contribution is -2.38. The van der Waals surface area contributed by atoms with Crippen molar-refractivity contribution in [1.29, 1.82) is 0 Å². The van der Waals surface area contributed by atoms with Crippen molar-refractivity contribution >= 4 is 17.3 Å². The third-order valence-corrected chi connectivity index (χ3v) is 6.03. The second-order valence-corrected chi connectivity index (χ2v) is 8.44. The molecule has 26 heavy (non-hydrogen) atoms. The monoisotopic (exact) mass is 379 g/mol. The summed E-state index contributed by atoms with van der Waals surface area (Å²) in [6, 6.07) is 0. The number of unbranched alkanes of at least 4 members (excludes halogenated alkanes) is 2. The summed E-state index contributed by atoms with van der Waals surface area (Å²) in [5.41, 5.74) is 1.16. The van der Waals surface area contributed by atoms with E-state index in [1.807, 2.05) is 0 Å². The number of piperidine rings is 1. The summed E-state index contributed by atoms with van der Waals surface area (Å²) < 4.78 is 0.